The molecule has 0 spiro atoms. The molecule has 0 heterocycles. The van der Waals surface area contributed by atoms with Crippen LogP contribution in [0.3, 0.4) is 0 Å². The fraction of sp³-hybridized carbons (Fsp3) is 0.857. The first-order valence-electron chi connectivity index (χ1n) is 9.59. The molecular formula is C21H34O2. The Balaban J connectivity index is 2.04. The maximum absolute atomic E-state index is 12.5. The van der Waals surface area contributed by atoms with Crippen molar-refractivity contribution in [2.75, 3.05) is 0 Å². The van der Waals surface area contributed by atoms with Gasteiger partial charge >= 0.3 is 5.97 Å². The van der Waals surface area contributed by atoms with Crippen molar-refractivity contribution in [3.63, 3.8) is 0 Å². The summed E-state index contributed by atoms with van der Waals surface area (Å²) in [6.07, 6.45) is 8.04. The highest BCUT2D eigenvalue weighted by Gasteiger charge is 2.64. The molecule has 4 saturated carbocycles. The lowest BCUT2D eigenvalue weighted by molar-refractivity contribution is -0.236. The topological polar surface area (TPSA) is 26.3 Å². The van der Waals surface area contributed by atoms with Crippen LogP contribution in [0.2, 0.25) is 0 Å². The number of hydrogen-bond acceptors (Lipinski definition) is 2. The zero-order chi connectivity index (χ0) is 17.0. The van der Waals surface area contributed by atoms with Gasteiger partial charge in [0.1, 0.15) is 5.60 Å². The highest BCUT2D eigenvalue weighted by Crippen LogP contribution is 2.67. The summed E-state index contributed by atoms with van der Waals surface area (Å²) >= 11 is 0. The molecule has 4 fully saturated rings. The summed E-state index contributed by atoms with van der Waals surface area (Å²) in [7, 11) is 0. The van der Waals surface area contributed by atoms with E-state index in [0.717, 1.165) is 17.8 Å². The zero-order valence-corrected chi connectivity index (χ0v) is 15.7. The SMILES string of the molecule is C=C(C)C(=O)OC(C(C)C)(C(C)C)C12CC3CC(CC(C3)C1)C2. The van der Waals surface area contributed by atoms with Gasteiger partial charge in [0.15, 0.2) is 0 Å². The second kappa shape index (κ2) is 5.63. The van der Waals surface area contributed by atoms with Crippen molar-refractivity contribution < 1.29 is 9.53 Å². The summed E-state index contributed by atoms with van der Waals surface area (Å²) in [5.74, 6) is 3.07. The lowest BCUT2D eigenvalue weighted by atomic mass is 9.42. The Kier molecular flexibility index (Phi) is 4.18. The van der Waals surface area contributed by atoms with Gasteiger partial charge in [0, 0.05) is 11.0 Å². The predicted molar refractivity (Wildman–Crippen MR) is 93.9 cm³/mol. The van der Waals surface area contributed by atoms with Crippen LogP contribution < -0.4 is 0 Å². The molecule has 0 N–H and O–H groups in total. The molecule has 2 nitrogen and oxygen atoms in total. The average molecular weight is 319 g/mol. The number of hydrogen-bond donors (Lipinski definition) is 0. The first-order valence-corrected chi connectivity index (χ1v) is 9.59. The number of ether oxygens (including phenoxy) is 1. The van der Waals surface area contributed by atoms with Crippen molar-refractivity contribution in [3.05, 3.63) is 12.2 Å². The Hall–Kier alpha value is -0.790. The molecule has 4 rings (SSSR count). The highest BCUT2D eigenvalue weighted by molar-refractivity contribution is 5.87. The van der Waals surface area contributed by atoms with Crippen molar-refractivity contribution in [2.24, 2.45) is 35.0 Å². The van der Waals surface area contributed by atoms with Gasteiger partial charge in [-0.1, -0.05) is 34.3 Å². The van der Waals surface area contributed by atoms with Gasteiger partial charge in [-0.3, -0.25) is 0 Å². The maximum atomic E-state index is 12.5. The van der Waals surface area contributed by atoms with Crippen LogP contribution in [0.25, 0.3) is 0 Å². The molecule has 0 amide bonds. The third-order valence-corrected chi connectivity index (χ3v) is 7.19. The molecule has 0 atom stereocenters. The van der Waals surface area contributed by atoms with Gasteiger partial charge in [-0.05, 0) is 75.0 Å². The first-order chi connectivity index (χ1) is 10.7. The molecule has 2 heteroatoms. The molecule has 0 aliphatic heterocycles. The molecule has 0 unspecified atom stereocenters. The Morgan fingerprint density at radius 1 is 1.00 bits per heavy atom. The molecule has 0 radical (unpaired) electrons. The van der Waals surface area contributed by atoms with E-state index >= 15 is 0 Å². The van der Waals surface area contributed by atoms with Gasteiger partial charge in [-0.25, -0.2) is 4.79 Å². The van der Waals surface area contributed by atoms with E-state index in [1.807, 2.05) is 0 Å². The number of rotatable bonds is 5. The van der Waals surface area contributed by atoms with Gasteiger partial charge in [0.05, 0.1) is 0 Å². The molecular weight excluding hydrogens is 284 g/mol. The minimum absolute atomic E-state index is 0.190. The van der Waals surface area contributed by atoms with Gasteiger partial charge in [0.2, 0.25) is 0 Å². The molecule has 4 aliphatic rings. The minimum atomic E-state index is -0.348. The standard InChI is InChI=1S/C21H34O2/c1-13(2)19(22)23-21(14(3)4,15(5)6)20-10-16-7-17(11-20)9-18(8-16)12-20/h14-18H,1,7-12H2,2-6H3. The second-order valence-electron chi connectivity index (χ2n) is 9.47. The molecule has 130 valence electrons. The van der Waals surface area contributed by atoms with Crippen molar-refractivity contribution in [2.45, 2.75) is 78.7 Å². The smallest absolute Gasteiger partial charge is 0.333 e. The van der Waals surface area contributed by atoms with Crippen LogP contribution in [-0.4, -0.2) is 11.6 Å². The molecule has 4 bridgehead atoms. The summed E-state index contributed by atoms with van der Waals surface area (Å²) in [6.45, 7) is 14.6. The third-order valence-electron chi connectivity index (χ3n) is 7.19. The fourth-order valence-electron chi connectivity index (χ4n) is 7.07. The molecule has 4 aliphatic carbocycles. The first kappa shape index (κ1) is 17.0. The van der Waals surface area contributed by atoms with E-state index < -0.39 is 0 Å². The van der Waals surface area contributed by atoms with Crippen LogP contribution >= 0.6 is 0 Å². The molecule has 0 aromatic carbocycles. The van der Waals surface area contributed by atoms with E-state index in [1.54, 1.807) is 6.92 Å². The summed E-state index contributed by atoms with van der Waals surface area (Å²) in [5.41, 5.74) is 0.370. The summed E-state index contributed by atoms with van der Waals surface area (Å²) in [6, 6.07) is 0. The molecule has 0 aromatic heterocycles. The summed E-state index contributed by atoms with van der Waals surface area (Å²) in [5, 5.41) is 0. The van der Waals surface area contributed by atoms with Crippen molar-refractivity contribution in [1.82, 2.24) is 0 Å². The van der Waals surface area contributed by atoms with Crippen LogP contribution in [0.4, 0.5) is 0 Å². The Morgan fingerprint density at radius 2 is 1.39 bits per heavy atom. The fourth-order valence-corrected chi connectivity index (χ4v) is 7.07. The predicted octanol–water partition coefficient (Wildman–Crippen LogP) is 5.37. The minimum Gasteiger partial charge on any atom is -0.455 e. The Bertz CT molecular complexity index is 457. The molecule has 0 saturated heterocycles. The normalized spacial score (nSPS) is 35.9. The summed E-state index contributed by atoms with van der Waals surface area (Å²) < 4.78 is 6.37. The van der Waals surface area contributed by atoms with Crippen LogP contribution in [-0.2, 0) is 9.53 Å². The summed E-state index contributed by atoms with van der Waals surface area (Å²) in [4.78, 5) is 12.5. The van der Waals surface area contributed by atoms with E-state index in [2.05, 4.69) is 34.3 Å². The van der Waals surface area contributed by atoms with Crippen LogP contribution in [0, 0.1) is 35.0 Å². The van der Waals surface area contributed by atoms with Crippen molar-refractivity contribution in [3.8, 4) is 0 Å². The lowest BCUT2D eigenvalue weighted by Gasteiger charge is -2.65. The number of carbonyl (C=O) groups excluding carboxylic acids is 1. The van der Waals surface area contributed by atoms with Crippen LogP contribution in [0.5, 0.6) is 0 Å². The van der Waals surface area contributed by atoms with E-state index in [0.29, 0.717) is 17.4 Å². The average Bonchev–Trinajstić information content (AvgIpc) is 2.41. The van der Waals surface area contributed by atoms with Crippen molar-refractivity contribution in [1.29, 1.82) is 0 Å². The van der Waals surface area contributed by atoms with E-state index in [4.69, 9.17) is 4.74 Å². The van der Waals surface area contributed by atoms with E-state index in [-0.39, 0.29) is 17.0 Å². The van der Waals surface area contributed by atoms with Crippen molar-refractivity contribution >= 4 is 5.97 Å². The Morgan fingerprint density at radius 3 is 1.70 bits per heavy atom. The van der Waals surface area contributed by atoms with Gasteiger partial charge in [-0.15, -0.1) is 0 Å². The van der Waals surface area contributed by atoms with Gasteiger partial charge < -0.3 is 4.74 Å². The van der Waals surface area contributed by atoms with Crippen LogP contribution in [0.1, 0.15) is 73.1 Å². The number of esters is 1. The largest absolute Gasteiger partial charge is 0.455 e. The van der Waals surface area contributed by atoms with Crippen LogP contribution in [0.15, 0.2) is 12.2 Å². The van der Waals surface area contributed by atoms with E-state index in [9.17, 15) is 4.79 Å². The van der Waals surface area contributed by atoms with E-state index in [1.165, 1.54) is 38.5 Å². The van der Waals surface area contributed by atoms with Gasteiger partial charge in [-0.2, -0.15) is 0 Å². The maximum Gasteiger partial charge on any atom is 0.333 e. The Labute approximate surface area is 142 Å². The lowest BCUT2D eigenvalue weighted by Crippen LogP contribution is -2.64. The third kappa shape index (κ3) is 2.48. The highest BCUT2D eigenvalue weighted by atomic mass is 16.6. The quantitative estimate of drug-likeness (QED) is 0.503. The molecule has 23 heavy (non-hydrogen) atoms. The zero-order valence-electron chi connectivity index (χ0n) is 15.7. The van der Waals surface area contributed by atoms with Gasteiger partial charge in [0.25, 0.3) is 0 Å². The molecule has 0 aromatic rings. The second-order valence-corrected chi connectivity index (χ2v) is 9.47. The monoisotopic (exact) mass is 318 g/mol. The number of carbonyl (C=O) groups is 1.